The van der Waals surface area contributed by atoms with E-state index in [-0.39, 0.29) is 12.1 Å². The average Bonchev–Trinajstić information content (AvgIpc) is 2.89. The summed E-state index contributed by atoms with van der Waals surface area (Å²) in [6.07, 6.45) is 11.3. The van der Waals surface area contributed by atoms with Gasteiger partial charge in [-0.05, 0) is 25.0 Å². The van der Waals surface area contributed by atoms with E-state index in [1.165, 1.54) is 6.42 Å². The highest BCUT2D eigenvalue weighted by atomic mass is 16.3. The van der Waals surface area contributed by atoms with E-state index < -0.39 is 0 Å². The lowest BCUT2D eigenvalue weighted by Crippen LogP contribution is -2.27. The number of aliphatic hydroxyl groups is 1. The van der Waals surface area contributed by atoms with Gasteiger partial charge in [0, 0.05) is 30.4 Å². The molecular formula is C14H17N3O. The molecule has 1 fully saturated rings. The van der Waals surface area contributed by atoms with Crippen LogP contribution in [0.25, 0.3) is 11.4 Å². The molecule has 0 aromatic carbocycles. The predicted octanol–water partition coefficient (Wildman–Crippen LogP) is 2.42. The van der Waals surface area contributed by atoms with E-state index in [4.69, 9.17) is 0 Å². The summed E-state index contributed by atoms with van der Waals surface area (Å²) in [5.74, 6) is 0.897. The van der Waals surface area contributed by atoms with Gasteiger partial charge in [-0.3, -0.25) is 4.98 Å². The molecule has 0 amide bonds. The first kappa shape index (κ1) is 11.4. The van der Waals surface area contributed by atoms with E-state index in [9.17, 15) is 5.11 Å². The molecule has 2 heterocycles. The van der Waals surface area contributed by atoms with Crippen molar-refractivity contribution in [1.29, 1.82) is 0 Å². The van der Waals surface area contributed by atoms with Crippen LogP contribution in [0.15, 0.2) is 36.9 Å². The van der Waals surface area contributed by atoms with Crippen LogP contribution in [-0.2, 0) is 0 Å². The van der Waals surface area contributed by atoms with Crippen LogP contribution in [0, 0.1) is 0 Å². The van der Waals surface area contributed by atoms with Crippen molar-refractivity contribution in [3.63, 3.8) is 0 Å². The molecule has 0 saturated heterocycles. The smallest absolute Gasteiger partial charge is 0.141 e. The van der Waals surface area contributed by atoms with E-state index in [0.29, 0.717) is 0 Å². The molecule has 4 nitrogen and oxygen atoms in total. The SMILES string of the molecule is O[C@@H]1CCCC[C@H]1n1ccnc1-c1cccnc1. The van der Waals surface area contributed by atoms with E-state index in [0.717, 1.165) is 30.7 Å². The molecule has 2 atom stereocenters. The summed E-state index contributed by atoms with van der Waals surface area (Å²) in [4.78, 5) is 8.54. The quantitative estimate of drug-likeness (QED) is 0.881. The summed E-state index contributed by atoms with van der Waals surface area (Å²) in [6, 6.07) is 4.06. The van der Waals surface area contributed by atoms with E-state index in [1.54, 1.807) is 12.4 Å². The van der Waals surface area contributed by atoms with Gasteiger partial charge in [-0.15, -0.1) is 0 Å². The van der Waals surface area contributed by atoms with Gasteiger partial charge in [-0.25, -0.2) is 4.98 Å². The molecule has 2 aromatic rings. The summed E-state index contributed by atoms with van der Waals surface area (Å²) in [7, 11) is 0. The summed E-state index contributed by atoms with van der Waals surface area (Å²) in [5.41, 5.74) is 1.00. The Kier molecular flexibility index (Phi) is 3.11. The Morgan fingerprint density at radius 3 is 2.89 bits per heavy atom. The molecule has 18 heavy (non-hydrogen) atoms. The second-order valence-corrected chi connectivity index (χ2v) is 4.82. The van der Waals surface area contributed by atoms with Gasteiger partial charge < -0.3 is 9.67 Å². The zero-order valence-corrected chi connectivity index (χ0v) is 10.2. The Morgan fingerprint density at radius 1 is 1.22 bits per heavy atom. The van der Waals surface area contributed by atoms with Crippen molar-refractivity contribution in [1.82, 2.24) is 14.5 Å². The minimum Gasteiger partial charge on any atom is -0.391 e. The van der Waals surface area contributed by atoms with E-state index >= 15 is 0 Å². The predicted molar refractivity (Wildman–Crippen MR) is 69.0 cm³/mol. The second kappa shape index (κ2) is 4.90. The molecule has 0 aliphatic heterocycles. The number of aliphatic hydroxyl groups excluding tert-OH is 1. The minimum atomic E-state index is -0.261. The molecule has 0 bridgehead atoms. The summed E-state index contributed by atoms with van der Waals surface area (Å²) >= 11 is 0. The van der Waals surface area contributed by atoms with E-state index in [2.05, 4.69) is 14.5 Å². The maximum atomic E-state index is 10.1. The number of rotatable bonds is 2. The number of aromatic nitrogens is 3. The van der Waals surface area contributed by atoms with Crippen LogP contribution < -0.4 is 0 Å². The highest BCUT2D eigenvalue weighted by Crippen LogP contribution is 2.31. The normalized spacial score (nSPS) is 24.1. The second-order valence-electron chi connectivity index (χ2n) is 4.82. The van der Waals surface area contributed by atoms with Gasteiger partial charge in [-0.2, -0.15) is 0 Å². The van der Waals surface area contributed by atoms with Crippen LogP contribution in [0.1, 0.15) is 31.7 Å². The molecule has 0 spiro atoms. The molecule has 0 unspecified atom stereocenters. The van der Waals surface area contributed by atoms with Crippen LogP contribution in [0.5, 0.6) is 0 Å². The van der Waals surface area contributed by atoms with Crippen LogP contribution in [-0.4, -0.2) is 25.7 Å². The molecule has 1 N–H and O–H groups in total. The largest absolute Gasteiger partial charge is 0.391 e. The van der Waals surface area contributed by atoms with Gasteiger partial charge >= 0.3 is 0 Å². The highest BCUT2D eigenvalue weighted by molar-refractivity contribution is 5.53. The third-order valence-corrected chi connectivity index (χ3v) is 3.64. The Hall–Kier alpha value is -1.68. The molecule has 4 heteroatoms. The van der Waals surface area contributed by atoms with Crippen LogP contribution in [0.3, 0.4) is 0 Å². The maximum Gasteiger partial charge on any atom is 0.141 e. The number of pyridine rings is 1. The summed E-state index contributed by atoms with van der Waals surface area (Å²) < 4.78 is 2.10. The van der Waals surface area contributed by atoms with Crippen molar-refractivity contribution >= 4 is 0 Å². The first-order valence-corrected chi connectivity index (χ1v) is 6.47. The zero-order valence-electron chi connectivity index (χ0n) is 10.2. The van der Waals surface area contributed by atoms with Crippen molar-refractivity contribution in [3.8, 4) is 11.4 Å². The monoisotopic (exact) mass is 243 g/mol. The Morgan fingerprint density at radius 2 is 2.11 bits per heavy atom. The van der Waals surface area contributed by atoms with Gasteiger partial charge in [0.25, 0.3) is 0 Å². The Labute approximate surface area is 106 Å². The maximum absolute atomic E-state index is 10.1. The Bertz CT molecular complexity index is 509. The number of hydrogen-bond acceptors (Lipinski definition) is 3. The topological polar surface area (TPSA) is 50.9 Å². The van der Waals surface area contributed by atoms with Gasteiger partial charge in [0.15, 0.2) is 0 Å². The Balaban J connectivity index is 1.96. The number of hydrogen-bond donors (Lipinski definition) is 1. The summed E-state index contributed by atoms with van der Waals surface area (Å²) in [5, 5.41) is 10.1. The van der Waals surface area contributed by atoms with Crippen molar-refractivity contribution in [2.24, 2.45) is 0 Å². The average molecular weight is 243 g/mol. The van der Waals surface area contributed by atoms with E-state index in [1.807, 2.05) is 24.5 Å². The molecule has 1 aliphatic rings. The highest BCUT2D eigenvalue weighted by Gasteiger charge is 2.26. The molecule has 2 aromatic heterocycles. The molecule has 1 aliphatic carbocycles. The third-order valence-electron chi connectivity index (χ3n) is 3.64. The van der Waals surface area contributed by atoms with Gasteiger partial charge in [0.2, 0.25) is 0 Å². The van der Waals surface area contributed by atoms with Crippen LogP contribution >= 0.6 is 0 Å². The van der Waals surface area contributed by atoms with Crippen molar-refractivity contribution in [2.45, 2.75) is 37.8 Å². The zero-order chi connectivity index (χ0) is 12.4. The van der Waals surface area contributed by atoms with Gasteiger partial charge in [-0.1, -0.05) is 12.8 Å². The van der Waals surface area contributed by atoms with Crippen LogP contribution in [0.4, 0.5) is 0 Å². The number of imidazole rings is 1. The minimum absolute atomic E-state index is 0.149. The van der Waals surface area contributed by atoms with Crippen LogP contribution in [0.2, 0.25) is 0 Å². The lowest BCUT2D eigenvalue weighted by atomic mass is 9.92. The van der Waals surface area contributed by atoms with Crippen molar-refractivity contribution in [2.75, 3.05) is 0 Å². The third kappa shape index (κ3) is 2.04. The standard InChI is InChI=1S/C14H17N3O/c18-13-6-2-1-5-12(13)17-9-8-16-14(17)11-4-3-7-15-10-11/h3-4,7-10,12-13,18H,1-2,5-6H2/t12-,13-/m1/s1. The molecule has 94 valence electrons. The lowest BCUT2D eigenvalue weighted by molar-refractivity contribution is 0.0762. The van der Waals surface area contributed by atoms with Gasteiger partial charge in [0.1, 0.15) is 5.82 Å². The molecule has 0 radical (unpaired) electrons. The fourth-order valence-electron chi connectivity index (χ4n) is 2.72. The molecule has 3 rings (SSSR count). The lowest BCUT2D eigenvalue weighted by Gasteiger charge is -2.29. The summed E-state index contributed by atoms with van der Waals surface area (Å²) in [6.45, 7) is 0. The number of nitrogens with zero attached hydrogens (tertiary/aromatic N) is 3. The molecular weight excluding hydrogens is 226 g/mol. The van der Waals surface area contributed by atoms with Gasteiger partial charge in [0.05, 0.1) is 12.1 Å². The fraction of sp³-hybridized carbons (Fsp3) is 0.429. The molecule has 1 saturated carbocycles. The fourth-order valence-corrected chi connectivity index (χ4v) is 2.72. The first-order valence-electron chi connectivity index (χ1n) is 6.47. The van der Waals surface area contributed by atoms with Crippen molar-refractivity contribution < 1.29 is 5.11 Å². The first-order chi connectivity index (χ1) is 8.86. The van der Waals surface area contributed by atoms with Crippen molar-refractivity contribution in [3.05, 3.63) is 36.9 Å².